The second kappa shape index (κ2) is 40.4. The second-order valence-electron chi connectivity index (χ2n) is 33.4. The van der Waals surface area contributed by atoms with Gasteiger partial charge in [-0.15, -0.1) is 0 Å². The topological polar surface area (TPSA) is 259 Å². The Labute approximate surface area is 679 Å². The number of carbonyl (C=O) groups excluding carboxylic acids is 5. The third kappa shape index (κ3) is 23.5. The number of nitrogens with zero attached hydrogens (tertiary/aromatic N) is 10. The number of aromatic nitrogens is 2. The number of hydrogen-bond donors (Lipinski definition) is 6. The highest BCUT2D eigenvalue weighted by molar-refractivity contribution is 6.00. The minimum absolute atomic E-state index is 0.0315. The number of amides is 5. The first-order chi connectivity index (χ1) is 55.4. The molecule has 4 aromatic carbocycles. The highest BCUT2D eigenvalue weighted by Crippen LogP contribution is 2.37. The highest BCUT2D eigenvalue weighted by atomic mass is 16.6. The summed E-state index contributed by atoms with van der Waals surface area (Å²) in [5, 5.41) is 12.8. The third-order valence-corrected chi connectivity index (χ3v) is 24.0. The number of aryl methyl sites for hydroxylation is 4. The van der Waals surface area contributed by atoms with Gasteiger partial charge in [0, 0.05) is 260 Å². The summed E-state index contributed by atoms with van der Waals surface area (Å²) in [5.74, 6) is -0.406. The lowest BCUT2D eigenvalue weighted by Gasteiger charge is -2.40. The van der Waals surface area contributed by atoms with Gasteiger partial charge in [-0.2, -0.15) is 0 Å². The quantitative estimate of drug-likeness (QED) is 0.0256. The van der Waals surface area contributed by atoms with E-state index in [1.807, 2.05) is 91.5 Å². The van der Waals surface area contributed by atoms with Gasteiger partial charge < -0.3 is 65.0 Å². The number of hydrogen-bond acceptors (Lipinski definition) is 19. The van der Waals surface area contributed by atoms with E-state index < -0.39 is 5.60 Å². The number of ether oxygens (including phenoxy) is 3. The molecule has 8 heterocycles. The molecule has 2 aromatic heterocycles. The predicted octanol–water partition coefficient (Wildman–Crippen LogP) is 7.44. The van der Waals surface area contributed by atoms with Gasteiger partial charge in [0.1, 0.15) is 5.60 Å². The summed E-state index contributed by atoms with van der Waals surface area (Å²) in [6.45, 7) is 41.1. The van der Waals surface area contributed by atoms with E-state index in [1.165, 1.54) is 5.56 Å². The van der Waals surface area contributed by atoms with Gasteiger partial charge in [0.2, 0.25) is 11.8 Å². The van der Waals surface area contributed by atoms with Crippen LogP contribution >= 0.6 is 0 Å². The fourth-order valence-corrected chi connectivity index (χ4v) is 17.2. The van der Waals surface area contributed by atoms with E-state index >= 15 is 4.79 Å². The summed E-state index contributed by atoms with van der Waals surface area (Å²) in [6.07, 6.45) is 2.98. The molecule has 0 unspecified atom stereocenters. The van der Waals surface area contributed by atoms with Crippen LogP contribution in [0.2, 0.25) is 0 Å². The lowest BCUT2D eigenvalue weighted by Crippen LogP contribution is -2.54. The number of pyridine rings is 2. The summed E-state index contributed by atoms with van der Waals surface area (Å²) in [6, 6.07) is 29.8. The zero-order valence-electron chi connectivity index (χ0n) is 70.0. The van der Waals surface area contributed by atoms with Crippen molar-refractivity contribution in [2.45, 2.75) is 139 Å². The number of carbonyl (C=O) groups is 5. The molecule has 0 aliphatic carbocycles. The van der Waals surface area contributed by atoms with Crippen LogP contribution < -0.4 is 42.2 Å². The van der Waals surface area contributed by atoms with E-state index in [2.05, 4.69) is 138 Å². The molecular formula is C89H126N16O10. The molecule has 0 spiro atoms. The molecule has 6 fully saturated rings. The lowest BCUT2D eigenvalue weighted by molar-refractivity contribution is -0.133. The van der Waals surface area contributed by atoms with Gasteiger partial charge in [-0.1, -0.05) is 48.5 Å². The van der Waals surface area contributed by atoms with Crippen molar-refractivity contribution in [3.63, 3.8) is 0 Å². The van der Waals surface area contributed by atoms with Crippen molar-refractivity contribution in [1.82, 2.24) is 70.4 Å². The molecule has 0 radical (unpaired) electrons. The van der Waals surface area contributed by atoms with Crippen molar-refractivity contribution in [1.29, 1.82) is 0 Å². The average Bonchev–Trinajstić information content (AvgIpc) is 0.783. The molecule has 6 aliphatic heterocycles. The smallest absolute Gasteiger partial charge is 0.410 e. The Bertz CT molecular complexity index is 4410. The van der Waals surface area contributed by atoms with Crippen LogP contribution in [-0.4, -0.2) is 287 Å². The second-order valence-corrected chi connectivity index (χ2v) is 33.4. The SMILES string of the molecule is CCN(c1cc(-c2ccc(CN3CCN(CC(=O)N(CCN4CCN(C(=O)OC(C)(C)C)CC4)CCN(c4cc(-c5ccc(CN6CCN(CC(=O)NCCN7CCNCC7)CC6)cc5)cc(C(=O)NCc5c(C)cc(C)[nH]c5=O)c4C)C4CCOCC4)CC3)cc2)cc(C(=O)NCc2c(C)cc(C)[nH]c2=O)c1C)C1CCOCC1. The molecule has 26 nitrogen and oxygen atoms in total. The molecule has 6 aromatic rings. The Kier molecular flexibility index (Phi) is 30.0. The summed E-state index contributed by atoms with van der Waals surface area (Å²) < 4.78 is 17.6. The number of piperazine rings is 4. The first kappa shape index (κ1) is 85.5. The lowest BCUT2D eigenvalue weighted by atomic mass is 9.94. The summed E-state index contributed by atoms with van der Waals surface area (Å²) in [7, 11) is 0. The maximum Gasteiger partial charge on any atom is 0.410 e. The minimum atomic E-state index is -0.609. The van der Waals surface area contributed by atoms with Crippen LogP contribution in [-0.2, 0) is 50.0 Å². The fourth-order valence-electron chi connectivity index (χ4n) is 17.2. The molecule has 0 saturated carbocycles. The van der Waals surface area contributed by atoms with E-state index in [-0.39, 0.29) is 72.6 Å². The molecule has 12 rings (SSSR count). The maximum absolute atomic E-state index is 15.4. The predicted molar refractivity (Wildman–Crippen MR) is 453 cm³/mol. The van der Waals surface area contributed by atoms with Crippen LogP contribution in [0.15, 0.2) is 94.5 Å². The molecule has 5 amide bonds. The third-order valence-electron chi connectivity index (χ3n) is 24.0. The molecule has 26 heteroatoms. The van der Waals surface area contributed by atoms with Crippen molar-refractivity contribution < 1.29 is 38.2 Å². The average molecular weight is 1580 g/mol. The van der Waals surface area contributed by atoms with Crippen molar-refractivity contribution in [3.8, 4) is 22.3 Å². The van der Waals surface area contributed by atoms with Crippen molar-refractivity contribution in [2.75, 3.05) is 200 Å². The van der Waals surface area contributed by atoms with E-state index in [1.54, 1.807) is 4.90 Å². The molecule has 0 atom stereocenters. The van der Waals surface area contributed by atoms with Gasteiger partial charge in [-0.3, -0.25) is 58.2 Å². The van der Waals surface area contributed by atoms with E-state index in [0.717, 1.165) is 190 Å². The van der Waals surface area contributed by atoms with Gasteiger partial charge in [0.05, 0.1) is 13.1 Å². The van der Waals surface area contributed by atoms with Crippen molar-refractivity contribution in [2.24, 2.45) is 0 Å². The van der Waals surface area contributed by atoms with Gasteiger partial charge in [0.15, 0.2) is 0 Å². The standard InChI is InChI=1S/C89H126N16O10/c1-11-104(74-20-46-113-47-21-74)80-54-72(52-76(66(80)6)84(108)92-56-78-62(2)50-64(4)94-86(78)110)70-16-12-69(13-17-70)59-99-32-36-101(37-33-99)61-83(107)102(41-38-97-39-42-103(43-40-97)88(112)115-89(8,9)10)44-45-105(75-22-48-114-49-23-75)81-55-73(53-77(67(81)7)85(109)93-57-79-63(3)51-65(5)95-87(79)111)71-18-14-68(15-19-71)58-98-30-34-100(35-31-98)60-82(106)91-26-29-96-27-24-90-25-28-96/h12-19,50-55,74-75,90H,11,20-49,56-61H2,1-10H3,(H,91,106)(H,92,108)(H,93,109)(H,94,110)(H,95,111). The molecule has 6 aliphatic rings. The normalized spacial score (nSPS) is 17.6. The largest absolute Gasteiger partial charge is 0.444 e. The number of aromatic amines is 2. The van der Waals surface area contributed by atoms with Crippen molar-refractivity contribution >= 4 is 41.1 Å². The Morgan fingerprint density at radius 2 is 0.939 bits per heavy atom. The molecule has 6 saturated heterocycles. The van der Waals surface area contributed by atoms with Crippen LogP contribution in [0.25, 0.3) is 22.3 Å². The minimum Gasteiger partial charge on any atom is -0.444 e. The zero-order valence-corrected chi connectivity index (χ0v) is 70.0. The Hall–Kier alpha value is -8.83. The van der Waals surface area contributed by atoms with Crippen LogP contribution in [0.4, 0.5) is 16.2 Å². The number of nitrogens with one attached hydrogen (secondary N) is 6. The summed E-state index contributed by atoms with van der Waals surface area (Å²) >= 11 is 0. The highest BCUT2D eigenvalue weighted by Gasteiger charge is 2.33. The molecule has 6 N–H and O–H groups in total. The van der Waals surface area contributed by atoms with Gasteiger partial charge in [0.25, 0.3) is 22.9 Å². The van der Waals surface area contributed by atoms with Gasteiger partial charge in [-0.25, -0.2) is 4.79 Å². The fraction of sp³-hybridized carbons (Fsp3) is 0.562. The van der Waals surface area contributed by atoms with Crippen LogP contribution in [0.5, 0.6) is 0 Å². The summed E-state index contributed by atoms with van der Waals surface area (Å²) in [4.78, 5) is 126. The van der Waals surface area contributed by atoms with Crippen molar-refractivity contribution in [3.05, 3.63) is 173 Å². The number of H-pyrrole nitrogens is 2. The van der Waals surface area contributed by atoms with Crippen LogP contribution in [0.1, 0.15) is 130 Å². The van der Waals surface area contributed by atoms with Gasteiger partial charge in [-0.05, 0) is 187 Å². The molecule has 115 heavy (non-hydrogen) atoms. The monoisotopic (exact) mass is 1580 g/mol. The van der Waals surface area contributed by atoms with Gasteiger partial charge >= 0.3 is 6.09 Å². The van der Waals surface area contributed by atoms with E-state index in [4.69, 9.17) is 14.2 Å². The first-order valence-electron chi connectivity index (χ1n) is 42.1. The zero-order chi connectivity index (χ0) is 81.3. The Morgan fingerprint density at radius 1 is 0.496 bits per heavy atom. The number of rotatable bonds is 30. The van der Waals surface area contributed by atoms with E-state index in [0.29, 0.717) is 127 Å². The molecule has 622 valence electrons. The number of anilines is 2. The van der Waals surface area contributed by atoms with Crippen LogP contribution in [0.3, 0.4) is 0 Å². The van der Waals surface area contributed by atoms with Crippen LogP contribution in [0, 0.1) is 41.5 Å². The van der Waals surface area contributed by atoms with E-state index in [9.17, 15) is 28.8 Å². The first-order valence-corrected chi connectivity index (χ1v) is 42.1. The Morgan fingerprint density at radius 3 is 1.41 bits per heavy atom. The molecular weight excluding hydrogens is 1450 g/mol. The number of benzene rings is 4. The maximum atomic E-state index is 15.4. The Balaban J connectivity index is 0.745. The summed E-state index contributed by atoms with van der Waals surface area (Å²) in [5.41, 5.74) is 13.9. The molecule has 0 bridgehead atoms.